The van der Waals surface area contributed by atoms with Gasteiger partial charge in [0, 0.05) is 18.0 Å². The normalized spacial score (nSPS) is 12.3. The first kappa shape index (κ1) is 12.4. The van der Waals surface area contributed by atoms with E-state index in [9.17, 15) is 9.90 Å². The maximum atomic E-state index is 11.9. The van der Waals surface area contributed by atoms with Crippen molar-refractivity contribution in [2.75, 3.05) is 6.54 Å². The van der Waals surface area contributed by atoms with Gasteiger partial charge in [0.15, 0.2) is 0 Å². The van der Waals surface area contributed by atoms with Crippen LogP contribution in [0.25, 0.3) is 10.8 Å². The van der Waals surface area contributed by atoms with Gasteiger partial charge in [-0.15, -0.1) is 0 Å². The fraction of sp³-hybridized carbons (Fsp3) is 0.214. The monoisotopic (exact) mass is 244 g/mol. The summed E-state index contributed by atoms with van der Waals surface area (Å²) in [6, 6.07) is 10.7. The predicted octanol–water partition coefficient (Wildman–Crippen LogP) is 1.62. The molecule has 0 aliphatic carbocycles. The molecule has 0 heterocycles. The molecule has 1 unspecified atom stereocenters. The van der Waals surface area contributed by atoms with E-state index in [4.69, 9.17) is 5.73 Å². The van der Waals surface area contributed by atoms with Crippen LogP contribution in [0.2, 0.25) is 0 Å². The zero-order chi connectivity index (χ0) is 13.1. The summed E-state index contributed by atoms with van der Waals surface area (Å²) >= 11 is 0. The first-order valence-corrected chi connectivity index (χ1v) is 5.84. The van der Waals surface area contributed by atoms with Crippen molar-refractivity contribution in [2.45, 2.75) is 13.0 Å². The molecule has 4 heteroatoms. The lowest BCUT2D eigenvalue weighted by atomic mass is 10.0. The van der Waals surface area contributed by atoms with E-state index >= 15 is 0 Å². The predicted molar refractivity (Wildman–Crippen MR) is 71.6 cm³/mol. The molecule has 1 atom stereocenters. The summed E-state index contributed by atoms with van der Waals surface area (Å²) in [7, 11) is 0. The molecule has 0 aliphatic heterocycles. The van der Waals surface area contributed by atoms with Crippen LogP contribution in [0.4, 0.5) is 0 Å². The van der Waals surface area contributed by atoms with Crippen molar-refractivity contribution in [3.05, 3.63) is 42.0 Å². The number of hydrogen-bond donors (Lipinski definition) is 3. The molecule has 0 bridgehead atoms. The molecule has 2 aromatic carbocycles. The number of carbonyl (C=O) groups excluding carboxylic acids is 1. The average Bonchev–Trinajstić information content (AvgIpc) is 2.37. The van der Waals surface area contributed by atoms with Gasteiger partial charge in [0.05, 0.1) is 5.56 Å². The van der Waals surface area contributed by atoms with Gasteiger partial charge in [0.25, 0.3) is 5.91 Å². The van der Waals surface area contributed by atoms with Gasteiger partial charge >= 0.3 is 0 Å². The second-order valence-electron chi connectivity index (χ2n) is 4.37. The average molecular weight is 244 g/mol. The number of nitrogens with two attached hydrogens (primary N) is 1. The van der Waals surface area contributed by atoms with Crippen LogP contribution >= 0.6 is 0 Å². The number of benzene rings is 2. The van der Waals surface area contributed by atoms with E-state index in [1.54, 1.807) is 19.1 Å². The van der Waals surface area contributed by atoms with Gasteiger partial charge in [0.2, 0.25) is 0 Å². The number of rotatable bonds is 3. The zero-order valence-electron chi connectivity index (χ0n) is 10.2. The summed E-state index contributed by atoms with van der Waals surface area (Å²) in [6.45, 7) is 2.19. The summed E-state index contributed by atoms with van der Waals surface area (Å²) in [6.07, 6.45) is 0. The minimum absolute atomic E-state index is 0.00951. The SMILES string of the molecule is CC(N)CNC(=O)c1ccc2ccccc2c1O. The van der Waals surface area contributed by atoms with Crippen molar-refractivity contribution in [1.29, 1.82) is 0 Å². The number of carbonyl (C=O) groups is 1. The smallest absolute Gasteiger partial charge is 0.255 e. The minimum Gasteiger partial charge on any atom is -0.506 e. The van der Waals surface area contributed by atoms with Crippen molar-refractivity contribution < 1.29 is 9.90 Å². The Morgan fingerprint density at radius 2 is 2.06 bits per heavy atom. The second-order valence-corrected chi connectivity index (χ2v) is 4.37. The number of phenolic OH excluding ortho intramolecular Hbond substituents is 1. The lowest BCUT2D eigenvalue weighted by molar-refractivity contribution is 0.0949. The van der Waals surface area contributed by atoms with Gasteiger partial charge in [-0.25, -0.2) is 0 Å². The lowest BCUT2D eigenvalue weighted by Crippen LogP contribution is -2.35. The Labute approximate surface area is 105 Å². The number of fused-ring (bicyclic) bond motifs is 1. The largest absolute Gasteiger partial charge is 0.506 e. The third kappa shape index (κ3) is 2.43. The maximum Gasteiger partial charge on any atom is 0.255 e. The third-order valence-electron chi connectivity index (χ3n) is 2.73. The topological polar surface area (TPSA) is 75.3 Å². The van der Waals surface area contributed by atoms with E-state index in [0.717, 1.165) is 5.39 Å². The van der Waals surface area contributed by atoms with E-state index in [-0.39, 0.29) is 23.3 Å². The van der Waals surface area contributed by atoms with E-state index in [1.807, 2.05) is 24.3 Å². The summed E-state index contributed by atoms with van der Waals surface area (Å²) < 4.78 is 0. The van der Waals surface area contributed by atoms with E-state index < -0.39 is 0 Å². The molecule has 2 rings (SSSR count). The first-order chi connectivity index (χ1) is 8.59. The Balaban J connectivity index is 2.34. The number of hydrogen-bond acceptors (Lipinski definition) is 3. The van der Waals surface area contributed by atoms with Crippen LogP contribution < -0.4 is 11.1 Å². The highest BCUT2D eigenvalue weighted by atomic mass is 16.3. The molecule has 4 N–H and O–H groups in total. The van der Waals surface area contributed by atoms with Crippen molar-refractivity contribution in [3.8, 4) is 5.75 Å². The standard InChI is InChI=1S/C14H16N2O2/c1-9(15)8-16-14(18)12-7-6-10-4-2-3-5-11(10)13(12)17/h2-7,9,17H,8,15H2,1H3,(H,16,18). The van der Waals surface area contributed by atoms with E-state index in [2.05, 4.69) is 5.32 Å². The van der Waals surface area contributed by atoms with Gasteiger partial charge in [-0.3, -0.25) is 4.79 Å². The molecule has 0 saturated heterocycles. The minimum atomic E-state index is -0.310. The molecule has 1 amide bonds. The number of aromatic hydroxyl groups is 1. The Kier molecular flexibility index (Phi) is 3.48. The Morgan fingerprint density at radius 3 is 2.78 bits per heavy atom. The molecular formula is C14H16N2O2. The van der Waals surface area contributed by atoms with Crippen LogP contribution in [0.1, 0.15) is 17.3 Å². The van der Waals surface area contributed by atoms with Gasteiger partial charge in [-0.2, -0.15) is 0 Å². The van der Waals surface area contributed by atoms with Crippen molar-refractivity contribution >= 4 is 16.7 Å². The highest BCUT2D eigenvalue weighted by molar-refractivity contribution is 6.03. The molecule has 94 valence electrons. The molecule has 0 fully saturated rings. The molecule has 18 heavy (non-hydrogen) atoms. The fourth-order valence-electron chi connectivity index (χ4n) is 1.79. The molecule has 2 aromatic rings. The number of phenols is 1. The van der Waals surface area contributed by atoms with Crippen molar-refractivity contribution in [3.63, 3.8) is 0 Å². The number of nitrogens with one attached hydrogen (secondary N) is 1. The molecule has 4 nitrogen and oxygen atoms in total. The fourth-order valence-corrected chi connectivity index (χ4v) is 1.79. The van der Waals surface area contributed by atoms with Crippen LogP contribution in [-0.2, 0) is 0 Å². The van der Waals surface area contributed by atoms with Crippen LogP contribution in [0.3, 0.4) is 0 Å². The van der Waals surface area contributed by atoms with Gasteiger partial charge in [-0.05, 0) is 18.4 Å². The van der Waals surface area contributed by atoms with Crippen molar-refractivity contribution in [1.82, 2.24) is 5.32 Å². The quantitative estimate of drug-likeness (QED) is 0.768. The second kappa shape index (κ2) is 5.06. The Hall–Kier alpha value is -2.07. The Bertz CT molecular complexity index is 579. The van der Waals surface area contributed by atoms with E-state index in [1.165, 1.54) is 0 Å². The molecule has 0 spiro atoms. The highest BCUT2D eigenvalue weighted by Gasteiger charge is 2.13. The molecular weight excluding hydrogens is 228 g/mol. The molecule has 0 aromatic heterocycles. The Morgan fingerprint density at radius 1 is 1.33 bits per heavy atom. The summed E-state index contributed by atoms with van der Waals surface area (Å²) in [5, 5.41) is 14.3. The first-order valence-electron chi connectivity index (χ1n) is 5.84. The number of amides is 1. The summed E-state index contributed by atoms with van der Waals surface area (Å²) in [4.78, 5) is 11.9. The van der Waals surface area contributed by atoms with Gasteiger partial charge in [0.1, 0.15) is 5.75 Å². The van der Waals surface area contributed by atoms with E-state index in [0.29, 0.717) is 11.9 Å². The summed E-state index contributed by atoms with van der Waals surface area (Å²) in [5.41, 5.74) is 5.84. The maximum absolute atomic E-state index is 11.9. The van der Waals surface area contributed by atoms with Crippen LogP contribution in [-0.4, -0.2) is 23.6 Å². The lowest BCUT2D eigenvalue weighted by Gasteiger charge is -2.10. The van der Waals surface area contributed by atoms with Crippen LogP contribution in [0.15, 0.2) is 36.4 Å². The molecule has 0 aliphatic rings. The van der Waals surface area contributed by atoms with Crippen molar-refractivity contribution in [2.24, 2.45) is 5.73 Å². The van der Waals surface area contributed by atoms with Gasteiger partial charge in [-0.1, -0.05) is 30.3 Å². The zero-order valence-corrected chi connectivity index (χ0v) is 10.2. The molecule has 0 saturated carbocycles. The highest BCUT2D eigenvalue weighted by Crippen LogP contribution is 2.28. The van der Waals surface area contributed by atoms with Crippen LogP contribution in [0, 0.1) is 0 Å². The van der Waals surface area contributed by atoms with Gasteiger partial charge < -0.3 is 16.2 Å². The summed E-state index contributed by atoms with van der Waals surface area (Å²) in [5.74, 6) is -0.300. The van der Waals surface area contributed by atoms with Crippen LogP contribution in [0.5, 0.6) is 5.75 Å². The molecule has 0 radical (unpaired) electrons. The third-order valence-corrected chi connectivity index (χ3v) is 2.73.